The van der Waals surface area contributed by atoms with E-state index in [1.807, 2.05) is 18.2 Å². The van der Waals surface area contributed by atoms with Crippen LogP contribution in [-0.4, -0.2) is 24.0 Å². The highest BCUT2D eigenvalue weighted by molar-refractivity contribution is 9.10. The summed E-state index contributed by atoms with van der Waals surface area (Å²) in [6.45, 7) is 0.178. The molecule has 2 heterocycles. The van der Waals surface area contributed by atoms with Crippen LogP contribution >= 0.6 is 15.9 Å². The van der Waals surface area contributed by atoms with Gasteiger partial charge in [-0.1, -0.05) is 15.9 Å². The Bertz CT molecular complexity index is 601. The molecule has 5 heteroatoms. The van der Waals surface area contributed by atoms with Crippen molar-refractivity contribution in [2.75, 3.05) is 18.0 Å². The Hall–Kier alpha value is -1.23. The average molecular weight is 313 g/mol. The summed E-state index contributed by atoms with van der Waals surface area (Å²) in [6, 6.07) is 7.51. The predicted octanol–water partition coefficient (Wildman–Crippen LogP) is 3.84. The van der Waals surface area contributed by atoms with E-state index in [9.17, 15) is 8.78 Å². The Balaban J connectivity index is 2.09. The average Bonchev–Trinajstić information content (AvgIpc) is 2.69. The van der Waals surface area contributed by atoms with Crippen LogP contribution in [0.3, 0.4) is 0 Å². The normalized spacial score (nSPS) is 18.5. The van der Waals surface area contributed by atoms with Crippen molar-refractivity contribution in [2.24, 2.45) is 0 Å². The Morgan fingerprint density at radius 2 is 2.11 bits per heavy atom. The smallest absolute Gasteiger partial charge is 0.266 e. The number of nitrogens with zero attached hydrogens (tertiary/aromatic N) is 2. The quantitative estimate of drug-likeness (QED) is 0.795. The van der Waals surface area contributed by atoms with Crippen LogP contribution in [0.1, 0.15) is 6.42 Å². The third-order valence-corrected chi connectivity index (χ3v) is 3.68. The van der Waals surface area contributed by atoms with E-state index in [4.69, 9.17) is 0 Å². The molecule has 1 aromatic carbocycles. The number of anilines is 1. The number of aromatic nitrogens is 1. The number of benzene rings is 1. The molecule has 0 atom stereocenters. The minimum absolute atomic E-state index is 0.0786. The van der Waals surface area contributed by atoms with E-state index in [-0.39, 0.29) is 13.0 Å². The second-order valence-electron chi connectivity index (χ2n) is 4.52. The number of hydrogen-bond donors (Lipinski definition) is 0. The molecular formula is C13H11BrF2N2. The Kier molecular flexibility index (Phi) is 2.73. The summed E-state index contributed by atoms with van der Waals surface area (Å²) in [5.41, 5.74) is 1.66. The zero-order valence-electron chi connectivity index (χ0n) is 9.54. The fourth-order valence-electron chi connectivity index (χ4n) is 2.32. The molecule has 0 unspecified atom stereocenters. The molecule has 1 aromatic heterocycles. The zero-order chi connectivity index (χ0) is 12.8. The van der Waals surface area contributed by atoms with Crippen LogP contribution in [0.5, 0.6) is 0 Å². The molecule has 18 heavy (non-hydrogen) atoms. The predicted molar refractivity (Wildman–Crippen MR) is 71.2 cm³/mol. The van der Waals surface area contributed by atoms with E-state index in [0.717, 1.165) is 21.1 Å². The molecule has 1 fully saturated rings. The lowest BCUT2D eigenvalue weighted by Gasteiger charge is -2.20. The van der Waals surface area contributed by atoms with E-state index in [0.29, 0.717) is 6.54 Å². The highest BCUT2D eigenvalue weighted by atomic mass is 79.9. The van der Waals surface area contributed by atoms with Crippen molar-refractivity contribution in [1.29, 1.82) is 0 Å². The molecule has 0 spiro atoms. The number of alkyl halides is 2. The van der Waals surface area contributed by atoms with Gasteiger partial charge in [0.15, 0.2) is 0 Å². The van der Waals surface area contributed by atoms with E-state index < -0.39 is 5.92 Å². The van der Waals surface area contributed by atoms with Crippen molar-refractivity contribution in [3.8, 4) is 0 Å². The van der Waals surface area contributed by atoms with Gasteiger partial charge in [0.1, 0.15) is 0 Å². The van der Waals surface area contributed by atoms with Crippen LogP contribution in [-0.2, 0) is 0 Å². The highest BCUT2D eigenvalue weighted by Gasteiger charge is 2.38. The maximum Gasteiger partial charge on any atom is 0.266 e. The first-order chi connectivity index (χ1) is 8.55. The minimum Gasteiger partial charge on any atom is -0.365 e. The molecule has 0 N–H and O–H groups in total. The SMILES string of the molecule is FC1(F)CCN(c2ccnc3ccc(Br)cc23)C1. The van der Waals surface area contributed by atoms with Gasteiger partial charge in [-0.05, 0) is 24.3 Å². The zero-order valence-corrected chi connectivity index (χ0v) is 11.1. The van der Waals surface area contributed by atoms with Gasteiger partial charge in [-0.15, -0.1) is 0 Å². The topological polar surface area (TPSA) is 16.1 Å². The van der Waals surface area contributed by atoms with Crippen molar-refractivity contribution < 1.29 is 8.78 Å². The fourth-order valence-corrected chi connectivity index (χ4v) is 2.68. The number of fused-ring (bicyclic) bond motifs is 1. The molecule has 0 radical (unpaired) electrons. The van der Waals surface area contributed by atoms with E-state index in [1.54, 1.807) is 17.2 Å². The molecule has 2 nitrogen and oxygen atoms in total. The highest BCUT2D eigenvalue weighted by Crippen LogP contribution is 2.34. The summed E-state index contributed by atoms with van der Waals surface area (Å²) >= 11 is 3.40. The molecule has 0 bridgehead atoms. The van der Waals surface area contributed by atoms with Gasteiger partial charge in [0.25, 0.3) is 5.92 Å². The summed E-state index contributed by atoms with van der Waals surface area (Å²) in [5.74, 6) is -2.58. The molecule has 0 amide bonds. The summed E-state index contributed by atoms with van der Waals surface area (Å²) < 4.78 is 27.5. The number of hydrogen-bond acceptors (Lipinski definition) is 2. The van der Waals surface area contributed by atoms with Crippen LogP contribution in [0.4, 0.5) is 14.5 Å². The Labute approximate surface area is 112 Å². The Morgan fingerprint density at radius 1 is 1.28 bits per heavy atom. The molecule has 1 aliphatic rings. The van der Waals surface area contributed by atoms with E-state index >= 15 is 0 Å². The summed E-state index contributed by atoms with van der Waals surface area (Å²) in [5, 5.41) is 0.907. The van der Waals surface area contributed by atoms with Crippen LogP contribution < -0.4 is 4.90 Å². The van der Waals surface area contributed by atoms with Gasteiger partial charge in [-0.25, -0.2) is 8.78 Å². The van der Waals surface area contributed by atoms with Gasteiger partial charge in [0, 0.05) is 34.7 Å². The van der Waals surface area contributed by atoms with E-state index in [1.165, 1.54) is 0 Å². The fraction of sp³-hybridized carbons (Fsp3) is 0.308. The third-order valence-electron chi connectivity index (χ3n) is 3.19. The van der Waals surface area contributed by atoms with Crippen molar-refractivity contribution in [3.05, 3.63) is 34.9 Å². The summed E-state index contributed by atoms with van der Waals surface area (Å²) in [4.78, 5) is 5.99. The Morgan fingerprint density at radius 3 is 2.83 bits per heavy atom. The molecule has 0 aliphatic carbocycles. The first-order valence-corrected chi connectivity index (χ1v) is 6.51. The van der Waals surface area contributed by atoms with Crippen LogP contribution in [0.25, 0.3) is 10.9 Å². The van der Waals surface area contributed by atoms with Gasteiger partial charge in [-0.2, -0.15) is 0 Å². The van der Waals surface area contributed by atoms with Gasteiger partial charge in [0.05, 0.1) is 12.1 Å². The maximum absolute atomic E-state index is 13.3. The molecule has 1 saturated heterocycles. The summed E-state index contributed by atoms with van der Waals surface area (Å²) in [7, 11) is 0. The molecule has 94 valence electrons. The monoisotopic (exact) mass is 312 g/mol. The van der Waals surface area contributed by atoms with Crippen molar-refractivity contribution in [1.82, 2.24) is 4.98 Å². The third kappa shape index (κ3) is 2.07. The van der Waals surface area contributed by atoms with Gasteiger partial charge < -0.3 is 4.90 Å². The second-order valence-corrected chi connectivity index (χ2v) is 5.43. The first kappa shape index (κ1) is 11.8. The molecule has 0 saturated carbocycles. The first-order valence-electron chi connectivity index (χ1n) is 5.72. The van der Waals surface area contributed by atoms with Crippen LogP contribution in [0.2, 0.25) is 0 Å². The molecule has 2 aromatic rings. The van der Waals surface area contributed by atoms with Gasteiger partial charge in [-0.3, -0.25) is 4.98 Å². The lowest BCUT2D eigenvalue weighted by atomic mass is 10.2. The second kappa shape index (κ2) is 4.16. The molecular weight excluding hydrogens is 302 g/mol. The number of rotatable bonds is 1. The van der Waals surface area contributed by atoms with Gasteiger partial charge >= 0.3 is 0 Å². The van der Waals surface area contributed by atoms with E-state index in [2.05, 4.69) is 20.9 Å². The largest absolute Gasteiger partial charge is 0.365 e. The summed E-state index contributed by atoms with van der Waals surface area (Å²) in [6.07, 6.45) is 1.59. The van der Waals surface area contributed by atoms with Crippen LogP contribution in [0, 0.1) is 0 Å². The van der Waals surface area contributed by atoms with Gasteiger partial charge in [0.2, 0.25) is 0 Å². The lowest BCUT2D eigenvalue weighted by Crippen LogP contribution is -2.25. The van der Waals surface area contributed by atoms with Crippen LogP contribution in [0.15, 0.2) is 34.9 Å². The number of pyridine rings is 1. The van der Waals surface area contributed by atoms with Crippen molar-refractivity contribution in [3.63, 3.8) is 0 Å². The maximum atomic E-state index is 13.3. The molecule has 3 rings (SSSR count). The molecule has 1 aliphatic heterocycles. The minimum atomic E-state index is -2.58. The number of halogens is 3. The van der Waals surface area contributed by atoms with Crippen molar-refractivity contribution in [2.45, 2.75) is 12.3 Å². The lowest BCUT2D eigenvalue weighted by molar-refractivity contribution is 0.0257. The van der Waals surface area contributed by atoms with Crippen molar-refractivity contribution >= 4 is 32.5 Å². The standard InChI is InChI=1S/C13H11BrF2N2/c14-9-1-2-11-10(7-9)12(3-5-17-11)18-6-4-13(15,16)8-18/h1-3,5,7H,4,6,8H2.